The molecule has 2 N–H and O–H groups in total. The Morgan fingerprint density at radius 3 is 2.81 bits per heavy atom. The van der Waals surface area contributed by atoms with E-state index in [1.54, 1.807) is 37.2 Å². The zero-order valence-electron chi connectivity index (χ0n) is 11.8. The lowest BCUT2D eigenvalue weighted by atomic mass is 10.2. The van der Waals surface area contributed by atoms with Gasteiger partial charge in [-0.15, -0.1) is 5.10 Å². The maximum atomic E-state index is 11.8. The van der Waals surface area contributed by atoms with Crippen molar-refractivity contribution in [1.29, 1.82) is 0 Å². The molecule has 1 aromatic heterocycles. The lowest BCUT2D eigenvalue weighted by molar-refractivity contribution is 0.239. The fourth-order valence-corrected chi connectivity index (χ4v) is 2.07. The number of hydrogen-bond acceptors (Lipinski definition) is 4. The SMILES string of the molecule is COc1c(Cl)cccc1CNC(=O)NCc1cnnn1C. The average molecular weight is 310 g/mol. The molecule has 0 aliphatic rings. The van der Waals surface area contributed by atoms with Crippen molar-refractivity contribution < 1.29 is 9.53 Å². The maximum Gasteiger partial charge on any atom is 0.315 e. The van der Waals surface area contributed by atoms with Crippen LogP contribution >= 0.6 is 11.6 Å². The number of halogens is 1. The molecule has 21 heavy (non-hydrogen) atoms. The molecule has 0 saturated heterocycles. The molecule has 0 fully saturated rings. The highest BCUT2D eigenvalue weighted by Crippen LogP contribution is 2.27. The fraction of sp³-hybridized carbons (Fsp3) is 0.308. The third kappa shape index (κ3) is 3.85. The van der Waals surface area contributed by atoms with E-state index in [1.165, 1.54) is 0 Å². The Kier molecular flexibility index (Phi) is 4.99. The molecule has 2 aromatic rings. The van der Waals surface area contributed by atoms with E-state index >= 15 is 0 Å². The Bertz CT molecular complexity index is 629. The molecule has 2 amide bonds. The van der Waals surface area contributed by atoms with Crippen LogP contribution in [0.1, 0.15) is 11.3 Å². The van der Waals surface area contributed by atoms with Gasteiger partial charge in [-0.3, -0.25) is 4.68 Å². The summed E-state index contributed by atoms with van der Waals surface area (Å²) < 4.78 is 6.82. The highest BCUT2D eigenvalue weighted by molar-refractivity contribution is 6.32. The van der Waals surface area contributed by atoms with Gasteiger partial charge >= 0.3 is 6.03 Å². The van der Waals surface area contributed by atoms with Crippen LogP contribution in [0.15, 0.2) is 24.4 Å². The quantitative estimate of drug-likeness (QED) is 0.876. The number of nitrogens with zero attached hydrogens (tertiary/aromatic N) is 3. The summed E-state index contributed by atoms with van der Waals surface area (Å²) in [5, 5.41) is 13.5. The molecule has 0 bridgehead atoms. The van der Waals surface area contributed by atoms with Crippen LogP contribution in [0.5, 0.6) is 5.75 Å². The first-order valence-corrected chi connectivity index (χ1v) is 6.66. The first-order valence-electron chi connectivity index (χ1n) is 6.28. The van der Waals surface area contributed by atoms with Crippen molar-refractivity contribution in [3.8, 4) is 5.75 Å². The molecule has 8 heteroatoms. The highest BCUT2D eigenvalue weighted by atomic mass is 35.5. The van der Waals surface area contributed by atoms with Crippen molar-refractivity contribution in [1.82, 2.24) is 25.6 Å². The van der Waals surface area contributed by atoms with E-state index < -0.39 is 0 Å². The second kappa shape index (κ2) is 6.94. The van der Waals surface area contributed by atoms with Crippen LogP contribution in [-0.2, 0) is 20.1 Å². The molecule has 0 unspecified atom stereocenters. The molecule has 1 aromatic carbocycles. The standard InChI is InChI=1S/C13H16ClN5O2/c1-19-10(8-17-18-19)7-16-13(20)15-6-9-4-3-5-11(14)12(9)21-2/h3-5,8H,6-7H2,1-2H3,(H2,15,16,20). The van der Waals surface area contributed by atoms with Crippen molar-refractivity contribution in [3.05, 3.63) is 40.7 Å². The number of carbonyl (C=O) groups is 1. The Morgan fingerprint density at radius 1 is 1.38 bits per heavy atom. The van der Waals surface area contributed by atoms with E-state index in [0.717, 1.165) is 11.3 Å². The van der Waals surface area contributed by atoms with E-state index in [0.29, 0.717) is 23.9 Å². The maximum absolute atomic E-state index is 11.8. The third-order valence-electron chi connectivity index (χ3n) is 2.93. The van der Waals surface area contributed by atoms with Gasteiger partial charge in [-0.2, -0.15) is 0 Å². The molecule has 0 atom stereocenters. The average Bonchev–Trinajstić information content (AvgIpc) is 2.88. The molecule has 112 valence electrons. The van der Waals surface area contributed by atoms with Crippen LogP contribution in [0, 0.1) is 0 Å². The minimum atomic E-state index is -0.293. The predicted molar refractivity (Wildman–Crippen MR) is 78.1 cm³/mol. The van der Waals surface area contributed by atoms with Crippen molar-refractivity contribution >= 4 is 17.6 Å². The van der Waals surface area contributed by atoms with Crippen molar-refractivity contribution in [2.24, 2.45) is 7.05 Å². The zero-order valence-corrected chi connectivity index (χ0v) is 12.5. The summed E-state index contributed by atoms with van der Waals surface area (Å²) >= 11 is 6.02. The summed E-state index contributed by atoms with van der Waals surface area (Å²) in [6.07, 6.45) is 1.60. The molecular formula is C13H16ClN5O2. The first-order chi connectivity index (χ1) is 10.1. The van der Waals surface area contributed by atoms with E-state index in [-0.39, 0.29) is 6.03 Å². The topological polar surface area (TPSA) is 81.1 Å². The number of carbonyl (C=O) groups excluding carboxylic acids is 1. The fourth-order valence-electron chi connectivity index (χ4n) is 1.80. The molecule has 1 heterocycles. The third-order valence-corrected chi connectivity index (χ3v) is 3.23. The second-order valence-corrected chi connectivity index (χ2v) is 4.72. The summed E-state index contributed by atoms with van der Waals surface area (Å²) in [5.41, 5.74) is 1.62. The number of hydrogen-bond donors (Lipinski definition) is 2. The van der Waals surface area contributed by atoms with E-state index in [1.807, 2.05) is 6.07 Å². The van der Waals surface area contributed by atoms with Crippen molar-refractivity contribution in [2.75, 3.05) is 7.11 Å². The van der Waals surface area contributed by atoms with E-state index in [2.05, 4.69) is 20.9 Å². The van der Waals surface area contributed by atoms with Gasteiger partial charge < -0.3 is 15.4 Å². The number of methoxy groups -OCH3 is 1. The van der Waals surface area contributed by atoms with Crippen LogP contribution < -0.4 is 15.4 Å². The predicted octanol–water partition coefficient (Wildman–Crippen LogP) is 1.48. The molecule has 2 rings (SSSR count). The molecule has 0 spiro atoms. The van der Waals surface area contributed by atoms with Crippen LogP contribution in [0.2, 0.25) is 5.02 Å². The normalized spacial score (nSPS) is 10.2. The Balaban J connectivity index is 1.87. The van der Waals surface area contributed by atoms with Crippen LogP contribution in [0.4, 0.5) is 4.79 Å². The van der Waals surface area contributed by atoms with Gasteiger partial charge in [0.1, 0.15) is 5.75 Å². The number of aromatic nitrogens is 3. The van der Waals surface area contributed by atoms with Gasteiger partial charge in [0.15, 0.2) is 0 Å². The molecular weight excluding hydrogens is 294 g/mol. The Morgan fingerprint density at radius 2 is 2.14 bits per heavy atom. The van der Waals surface area contributed by atoms with Gasteiger partial charge in [0, 0.05) is 19.2 Å². The summed E-state index contributed by atoms with van der Waals surface area (Å²) in [7, 11) is 3.30. The van der Waals surface area contributed by atoms with Crippen LogP contribution in [0.25, 0.3) is 0 Å². The smallest absolute Gasteiger partial charge is 0.315 e. The van der Waals surface area contributed by atoms with Gasteiger partial charge in [0.25, 0.3) is 0 Å². The minimum absolute atomic E-state index is 0.293. The zero-order chi connectivity index (χ0) is 15.2. The lowest BCUT2D eigenvalue weighted by Crippen LogP contribution is -2.35. The Hall–Kier alpha value is -2.28. The van der Waals surface area contributed by atoms with Gasteiger partial charge in [-0.05, 0) is 6.07 Å². The lowest BCUT2D eigenvalue weighted by Gasteiger charge is -2.11. The van der Waals surface area contributed by atoms with Gasteiger partial charge in [-0.1, -0.05) is 28.9 Å². The van der Waals surface area contributed by atoms with E-state index in [9.17, 15) is 4.79 Å². The van der Waals surface area contributed by atoms with Crippen LogP contribution in [0.3, 0.4) is 0 Å². The van der Waals surface area contributed by atoms with Crippen molar-refractivity contribution in [3.63, 3.8) is 0 Å². The van der Waals surface area contributed by atoms with E-state index in [4.69, 9.17) is 16.3 Å². The molecule has 0 saturated carbocycles. The number of aryl methyl sites for hydroxylation is 1. The van der Waals surface area contributed by atoms with Gasteiger partial charge in [0.2, 0.25) is 0 Å². The monoisotopic (exact) mass is 309 g/mol. The summed E-state index contributed by atoms with van der Waals surface area (Å²) in [6.45, 7) is 0.668. The number of urea groups is 1. The number of para-hydroxylation sites is 1. The molecule has 0 aliphatic heterocycles. The summed E-state index contributed by atoms with van der Waals surface area (Å²) in [4.78, 5) is 11.8. The summed E-state index contributed by atoms with van der Waals surface area (Å²) in [6, 6.07) is 5.09. The van der Waals surface area contributed by atoms with Gasteiger partial charge in [-0.25, -0.2) is 4.79 Å². The number of amides is 2. The van der Waals surface area contributed by atoms with Crippen LogP contribution in [-0.4, -0.2) is 28.1 Å². The number of nitrogens with one attached hydrogen (secondary N) is 2. The summed E-state index contributed by atoms with van der Waals surface area (Å²) in [5.74, 6) is 0.565. The first kappa shape index (κ1) is 15.1. The Labute approximate surface area is 127 Å². The largest absolute Gasteiger partial charge is 0.495 e. The van der Waals surface area contributed by atoms with Gasteiger partial charge in [0.05, 0.1) is 30.6 Å². The molecule has 0 aliphatic carbocycles. The number of rotatable bonds is 5. The minimum Gasteiger partial charge on any atom is -0.495 e. The number of benzene rings is 1. The second-order valence-electron chi connectivity index (χ2n) is 4.32. The molecule has 0 radical (unpaired) electrons. The highest BCUT2D eigenvalue weighted by Gasteiger charge is 2.09. The number of ether oxygens (including phenoxy) is 1. The van der Waals surface area contributed by atoms with Crippen molar-refractivity contribution in [2.45, 2.75) is 13.1 Å². The molecule has 7 nitrogen and oxygen atoms in total.